The van der Waals surface area contributed by atoms with E-state index >= 15 is 0 Å². The molecule has 4 nitrogen and oxygen atoms in total. The molecule has 1 aromatic carbocycles. The summed E-state index contributed by atoms with van der Waals surface area (Å²) < 4.78 is 5.47. The Morgan fingerprint density at radius 3 is 2.88 bits per heavy atom. The molecular formula is C19H30ClN3O. The van der Waals surface area contributed by atoms with Gasteiger partial charge in [-0.05, 0) is 42.9 Å². The first-order chi connectivity index (χ1) is 11.4. The van der Waals surface area contributed by atoms with Gasteiger partial charge in [-0.1, -0.05) is 18.2 Å². The first-order valence-electron chi connectivity index (χ1n) is 9.25. The molecule has 1 aromatic rings. The molecular weight excluding hydrogens is 322 g/mol. The molecule has 0 radical (unpaired) electrons. The highest BCUT2D eigenvalue weighted by atomic mass is 35.5. The van der Waals surface area contributed by atoms with Gasteiger partial charge in [-0.15, -0.1) is 12.4 Å². The van der Waals surface area contributed by atoms with E-state index in [1.165, 1.54) is 55.7 Å². The molecule has 134 valence electrons. The first-order valence-corrected chi connectivity index (χ1v) is 9.25. The summed E-state index contributed by atoms with van der Waals surface area (Å²) in [5.41, 5.74) is 4.42. The van der Waals surface area contributed by atoms with Crippen LogP contribution in [0.5, 0.6) is 0 Å². The number of halogens is 1. The number of hydrogen-bond acceptors (Lipinski definition) is 4. The zero-order chi connectivity index (χ0) is 15.5. The fraction of sp³-hybridized carbons (Fsp3) is 0.684. The Bertz CT molecular complexity index is 533. The molecule has 0 aliphatic carbocycles. The normalized spacial score (nSPS) is 24.9. The zero-order valence-corrected chi connectivity index (χ0v) is 15.3. The van der Waals surface area contributed by atoms with E-state index in [1.54, 1.807) is 0 Å². The molecule has 0 saturated carbocycles. The van der Waals surface area contributed by atoms with Crippen LogP contribution in [0, 0.1) is 5.92 Å². The largest absolute Gasteiger partial charge is 0.384 e. The van der Waals surface area contributed by atoms with Gasteiger partial charge in [0.2, 0.25) is 0 Å². The second-order valence-electron chi connectivity index (χ2n) is 7.28. The number of morpholine rings is 1. The third-order valence-electron chi connectivity index (χ3n) is 5.55. The van der Waals surface area contributed by atoms with Gasteiger partial charge in [-0.3, -0.25) is 9.80 Å². The Hall–Kier alpha value is -0.810. The predicted molar refractivity (Wildman–Crippen MR) is 101 cm³/mol. The van der Waals surface area contributed by atoms with E-state index in [4.69, 9.17) is 4.74 Å². The van der Waals surface area contributed by atoms with Crippen LogP contribution in [0.1, 0.15) is 24.0 Å². The summed E-state index contributed by atoms with van der Waals surface area (Å²) in [6.07, 6.45) is 3.92. The quantitative estimate of drug-likeness (QED) is 0.902. The highest BCUT2D eigenvalue weighted by molar-refractivity contribution is 5.85. The number of benzene rings is 1. The summed E-state index contributed by atoms with van der Waals surface area (Å²) in [6.45, 7) is 10.0. The van der Waals surface area contributed by atoms with Crippen molar-refractivity contribution in [3.63, 3.8) is 0 Å². The number of nitrogens with zero attached hydrogens (tertiary/aromatic N) is 2. The average Bonchev–Trinajstić information content (AvgIpc) is 3.06. The molecule has 0 spiro atoms. The summed E-state index contributed by atoms with van der Waals surface area (Å²) in [7, 11) is 0. The van der Waals surface area contributed by atoms with Crippen molar-refractivity contribution in [2.45, 2.75) is 25.8 Å². The summed E-state index contributed by atoms with van der Waals surface area (Å²) in [6, 6.07) is 6.81. The Morgan fingerprint density at radius 2 is 2.00 bits per heavy atom. The maximum Gasteiger partial charge on any atom is 0.0594 e. The minimum absolute atomic E-state index is 0. The van der Waals surface area contributed by atoms with Crippen molar-refractivity contribution in [2.75, 3.05) is 57.8 Å². The van der Waals surface area contributed by atoms with Gasteiger partial charge in [0.15, 0.2) is 0 Å². The number of para-hydroxylation sites is 1. The van der Waals surface area contributed by atoms with Crippen molar-refractivity contribution >= 4 is 18.1 Å². The summed E-state index contributed by atoms with van der Waals surface area (Å²) in [5.74, 6) is 0.826. The lowest BCUT2D eigenvalue weighted by Gasteiger charge is -2.37. The van der Waals surface area contributed by atoms with Gasteiger partial charge >= 0.3 is 0 Å². The monoisotopic (exact) mass is 351 g/mol. The van der Waals surface area contributed by atoms with Crippen molar-refractivity contribution in [3.05, 3.63) is 29.3 Å². The molecule has 2 saturated heterocycles. The maximum atomic E-state index is 5.47. The van der Waals surface area contributed by atoms with Gasteiger partial charge in [0.05, 0.1) is 13.2 Å². The van der Waals surface area contributed by atoms with Crippen LogP contribution in [0.4, 0.5) is 5.69 Å². The van der Waals surface area contributed by atoms with E-state index in [-0.39, 0.29) is 12.4 Å². The topological polar surface area (TPSA) is 27.7 Å². The van der Waals surface area contributed by atoms with Gasteiger partial charge in [0.25, 0.3) is 0 Å². The van der Waals surface area contributed by atoms with Crippen LogP contribution < -0.4 is 5.32 Å². The molecule has 2 fully saturated rings. The molecule has 1 N–H and O–H groups in total. The van der Waals surface area contributed by atoms with Crippen LogP contribution in [-0.4, -0.2) is 62.3 Å². The first kappa shape index (κ1) is 18.0. The fourth-order valence-electron chi connectivity index (χ4n) is 4.38. The molecule has 3 heterocycles. The van der Waals surface area contributed by atoms with Crippen molar-refractivity contribution in [1.29, 1.82) is 0 Å². The van der Waals surface area contributed by atoms with E-state index < -0.39 is 0 Å². The van der Waals surface area contributed by atoms with E-state index in [1.807, 2.05) is 0 Å². The zero-order valence-electron chi connectivity index (χ0n) is 14.5. The SMILES string of the molecule is Cl.c1cc2c(c(CN3CCC[C@@H](CN4CCOCC4)C3)c1)NCC2. The molecule has 0 aromatic heterocycles. The second kappa shape index (κ2) is 8.52. The number of rotatable bonds is 4. The van der Waals surface area contributed by atoms with Gasteiger partial charge in [-0.25, -0.2) is 0 Å². The van der Waals surface area contributed by atoms with Crippen molar-refractivity contribution in [1.82, 2.24) is 9.80 Å². The van der Waals surface area contributed by atoms with Crippen LogP contribution >= 0.6 is 12.4 Å². The molecule has 0 amide bonds. The van der Waals surface area contributed by atoms with Crippen LogP contribution in [0.25, 0.3) is 0 Å². The molecule has 5 heteroatoms. The molecule has 0 unspecified atom stereocenters. The number of nitrogens with one attached hydrogen (secondary N) is 1. The minimum atomic E-state index is 0. The Kier molecular flexibility index (Phi) is 6.39. The fourth-order valence-corrected chi connectivity index (χ4v) is 4.38. The van der Waals surface area contributed by atoms with Crippen molar-refractivity contribution < 1.29 is 4.74 Å². The lowest BCUT2D eigenvalue weighted by molar-refractivity contribution is 0.0224. The van der Waals surface area contributed by atoms with E-state index in [9.17, 15) is 0 Å². The van der Waals surface area contributed by atoms with Crippen molar-refractivity contribution in [3.8, 4) is 0 Å². The standard InChI is InChI=1S/C19H29N3O.ClH/c1-4-17-6-7-20-19(17)18(5-1)15-22-8-2-3-16(14-22)13-21-9-11-23-12-10-21;/h1,4-5,16,20H,2-3,6-15H2;1H/t16-;/m0./s1. The average molecular weight is 352 g/mol. The lowest BCUT2D eigenvalue weighted by Crippen LogP contribution is -2.44. The smallest absolute Gasteiger partial charge is 0.0594 e. The van der Waals surface area contributed by atoms with Gasteiger partial charge in [0.1, 0.15) is 0 Å². The van der Waals surface area contributed by atoms with Crippen LogP contribution in [-0.2, 0) is 17.7 Å². The Balaban J connectivity index is 0.00000169. The minimum Gasteiger partial charge on any atom is -0.384 e. The van der Waals surface area contributed by atoms with E-state index in [0.29, 0.717) is 0 Å². The molecule has 3 aliphatic rings. The number of piperidine rings is 1. The summed E-state index contributed by atoms with van der Waals surface area (Å²) >= 11 is 0. The third-order valence-corrected chi connectivity index (χ3v) is 5.55. The highest BCUT2D eigenvalue weighted by Crippen LogP contribution is 2.29. The number of ether oxygens (including phenoxy) is 1. The Labute approximate surface area is 151 Å². The lowest BCUT2D eigenvalue weighted by atomic mass is 9.96. The van der Waals surface area contributed by atoms with Crippen molar-refractivity contribution in [2.24, 2.45) is 5.92 Å². The number of likely N-dealkylation sites (tertiary alicyclic amines) is 1. The summed E-state index contributed by atoms with van der Waals surface area (Å²) in [5, 5.41) is 3.59. The van der Waals surface area contributed by atoms with E-state index in [2.05, 4.69) is 33.3 Å². The highest BCUT2D eigenvalue weighted by Gasteiger charge is 2.24. The Morgan fingerprint density at radius 1 is 1.12 bits per heavy atom. The third kappa shape index (κ3) is 4.23. The number of fused-ring (bicyclic) bond motifs is 1. The van der Waals surface area contributed by atoms with E-state index in [0.717, 1.165) is 45.3 Å². The number of anilines is 1. The number of hydrogen-bond donors (Lipinski definition) is 1. The van der Waals surface area contributed by atoms with Crippen LogP contribution in [0.2, 0.25) is 0 Å². The molecule has 1 atom stereocenters. The van der Waals surface area contributed by atoms with Crippen LogP contribution in [0.3, 0.4) is 0 Å². The summed E-state index contributed by atoms with van der Waals surface area (Å²) in [4.78, 5) is 5.27. The predicted octanol–water partition coefficient (Wildman–Crippen LogP) is 2.62. The molecule has 3 aliphatic heterocycles. The van der Waals surface area contributed by atoms with Gasteiger partial charge in [-0.2, -0.15) is 0 Å². The molecule has 0 bridgehead atoms. The van der Waals surface area contributed by atoms with Gasteiger partial charge < -0.3 is 10.1 Å². The molecule has 4 rings (SSSR count). The maximum absolute atomic E-state index is 5.47. The van der Waals surface area contributed by atoms with Crippen LogP contribution in [0.15, 0.2) is 18.2 Å². The molecule has 24 heavy (non-hydrogen) atoms. The van der Waals surface area contributed by atoms with Gasteiger partial charge in [0, 0.05) is 45.0 Å². The second-order valence-corrected chi connectivity index (χ2v) is 7.28.